The smallest absolute Gasteiger partial charge is 0.348 e. The first kappa shape index (κ1) is 16.0. The van der Waals surface area contributed by atoms with E-state index < -0.39 is 5.97 Å². The van der Waals surface area contributed by atoms with Gasteiger partial charge in [0.15, 0.2) is 6.61 Å². The maximum Gasteiger partial charge on any atom is 0.348 e. The summed E-state index contributed by atoms with van der Waals surface area (Å²) < 4.78 is 6.16. The third-order valence-corrected chi connectivity index (χ3v) is 5.37. The van der Waals surface area contributed by atoms with Crippen molar-refractivity contribution in [3.63, 3.8) is 0 Å². The summed E-state index contributed by atoms with van der Waals surface area (Å²) in [5.41, 5.74) is 0. The van der Waals surface area contributed by atoms with E-state index in [1.807, 2.05) is 30.3 Å². The highest BCUT2D eigenvalue weighted by Gasteiger charge is 2.16. The second-order valence-corrected chi connectivity index (χ2v) is 7.12. The summed E-state index contributed by atoms with van der Waals surface area (Å²) in [6.07, 6.45) is 6.17. The fraction of sp³-hybridized carbons (Fsp3) is 0.444. The van der Waals surface area contributed by atoms with Gasteiger partial charge >= 0.3 is 5.97 Å². The molecule has 1 amide bonds. The molecule has 1 saturated carbocycles. The molecule has 0 spiro atoms. The lowest BCUT2D eigenvalue weighted by Crippen LogP contribution is -2.33. The number of hydrogen-bond donors (Lipinski definition) is 1. The van der Waals surface area contributed by atoms with Gasteiger partial charge in [-0.3, -0.25) is 4.79 Å². The van der Waals surface area contributed by atoms with Crippen molar-refractivity contribution in [2.24, 2.45) is 5.92 Å². The van der Waals surface area contributed by atoms with Crippen molar-refractivity contribution >= 4 is 33.3 Å². The van der Waals surface area contributed by atoms with Crippen molar-refractivity contribution in [1.29, 1.82) is 0 Å². The molecule has 1 heterocycles. The number of ether oxygens (including phenoxy) is 1. The highest BCUT2D eigenvalue weighted by molar-refractivity contribution is 7.20. The van der Waals surface area contributed by atoms with Gasteiger partial charge in [-0.25, -0.2) is 4.79 Å². The van der Waals surface area contributed by atoms with Crippen LogP contribution in [0.5, 0.6) is 0 Å². The zero-order valence-electron chi connectivity index (χ0n) is 13.0. The predicted molar refractivity (Wildman–Crippen MR) is 91.7 cm³/mol. The number of carbonyl (C=O) groups is 2. The second kappa shape index (κ2) is 7.59. The SMILES string of the molecule is O=C(COC(=O)c1cc2ccccc2s1)NCC1CCCCC1. The van der Waals surface area contributed by atoms with Gasteiger partial charge in [-0.2, -0.15) is 0 Å². The van der Waals surface area contributed by atoms with Crippen LogP contribution in [0.15, 0.2) is 30.3 Å². The van der Waals surface area contributed by atoms with Gasteiger partial charge in [0.1, 0.15) is 4.88 Å². The molecule has 1 aliphatic carbocycles. The fourth-order valence-electron chi connectivity index (χ4n) is 2.99. The first-order chi connectivity index (χ1) is 11.2. The van der Waals surface area contributed by atoms with Crippen molar-refractivity contribution in [3.8, 4) is 0 Å². The Hall–Kier alpha value is -1.88. The largest absolute Gasteiger partial charge is 0.451 e. The van der Waals surface area contributed by atoms with Crippen LogP contribution in [0.3, 0.4) is 0 Å². The van der Waals surface area contributed by atoms with Crippen molar-refractivity contribution in [2.75, 3.05) is 13.2 Å². The summed E-state index contributed by atoms with van der Waals surface area (Å²) in [4.78, 5) is 24.4. The Kier molecular flexibility index (Phi) is 5.28. The number of rotatable bonds is 5. The monoisotopic (exact) mass is 331 g/mol. The van der Waals surface area contributed by atoms with Gasteiger partial charge in [-0.1, -0.05) is 37.5 Å². The van der Waals surface area contributed by atoms with E-state index in [0.29, 0.717) is 17.3 Å². The van der Waals surface area contributed by atoms with E-state index in [9.17, 15) is 9.59 Å². The molecule has 0 bridgehead atoms. The summed E-state index contributed by atoms with van der Waals surface area (Å²) in [6.45, 7) is 0.485. The number of esters is 1. The molecule has 5 heteroatoms. The molecule has 1 aliphatic rings. The number of thiophene rings is 1. The van der Waals surface area contributed by atoms with Crippen molar-refractivity contribution in [2.45, 2.75) is 32.1 Å². The standard InChI is InChI=1S/C18H21NO3S/c20-17(19-11-13-6-2-1-3-7-13)12-22-18(21)16-10-14-8-4-5-9-15(14)23-16/h4-5,8-10,13H,1-3,6-7,11-12H2,(H,19,20). The quantitative estimate of drug-likeness (QED) is 0.849. The zero-order valence-corrected chi connectivity index (χ0v) is 13.9. The van der Waals surface area contributed by atoms with Crippen molar-refractivity contribution in [3.05, 3.63) is 35.2 Å². The lowest BCUT2D eigenvalue weighted by molar-refractivity contribution is -0.124. The molecule has 0 radical (unpaired) electrons. The Morgan fingerprint density at radius 1 is 1.17 bits per heavy atom. The van der Waals surface area contributed by atoms with Gasteiger partial charge in [0.2, 0.25) is 0 Å². The van der Waals surface area contributed by atoms with E-state index in [-0.39, 0.29) is 12.5 Å². The average Bonchev–Trinajstić information content (AvgIpc) is 3.03. The van der Waals surface area contributed by atoms with Crippen molar-refractivity contribution < 1.29 is 14.3 Å². The van der Waals surface area contributed by atoms with Crippen LogP contribution in [0.4, 0.5) is 0 Å². The van der Waals surface area contributed by atoms with E-state index >= 15 is 0 Å². The first-order valence-electron chi connectivity index (χ1n) is 8.15. The average molecular weight is 331 g/mol. The topological polar surface area (TPSA) is 55.4 Å². The molecular formula is C18H21NO3S. The molecule has 3 rings (SSSR count). The highest BCUT2D eigenvalue weighted by Crippen LogP contribution is 2.25. The van der Waals surface area contributed by atoms with E-state index in [4.69, 9.17) is 4.74 Å². The summed E-state index contributed by atoms with van der Waals surface area (Å²) in [6, 6.07) is 9.60. The van der Waals surface area contributed by atoms with Crippen LogP contribution in [-0.4, -0.2) is 25.0 Å². The van der Waals surface area contributed by atoms with E-state index in [2.05, 4.69) is 5.32 Å². The number of nitrogens with one attached hydrogen (secondary N) is 1. The van der Waals surface area contributed by atoms with Crippen LogP contribution in [0.1, 0.15) is 41.8 Å². The third kappa shape index (κ3) is 4.32. The minimum atomic E-state index is -0.431. The molecule has 0 unspecified atom stereocenters. The minimum absolute atomic E-state index is 0.209. The van der Waals surface area contributed by atoms with Crippen LogP contribution in [0.25, 0.3) is 10.1 Å². The number of benzene rings is 1. The molecule has 0 atom stereocenters. The lowest BCUT2D eigenvalue weighted by atomic mass is 9.89. The number of amides is 1. The Labute approximate surface area is 139 Å². The maximum atomic E-state index is 12.0. The first-order valence-corrected chi connectivity index (χ1v) is 8.96. The normalized spacial score (nSPS) is 15.5. The zero-order chi connectivity index (χ0) is 16.1. The maximum absolute atomic E-state index is 12.0. The van der Waals surface area contributed by atoms with Gasteiger partial charge in [0, 0.05) is 11.2 Å². The molecule has 2 aromatic rings. The van der Waals surface area contributed by atoms with Gasteiger partial charge < -0.3 is 10.1 Å². The van der Waals surface area contributed by atoms with E-state index in [1.54, 1.807) is 0 Å². The molecule has 1 fully saturated rings. The van der Waals surface area contributed by atoms with Gasteiger partial charge in [0.05, 0.1) is 0 Å². The Morgan fingerprint density at radius 2 is 1.96 bits per heavy atom. The van der Waals surface area contributed by atoms with Crippen LogP contribution in [-0.2, 0) is 9.53 Å². The Morgan fingerprint density at radius 3 is 2.74 bits per heavy atom. The summed E-state index contributed by atoms with van der Waals surface area (Å²) in [7, 11) is 0. The van der Waals surface area contributed by atoms with Crippen molar-refractivity contribution in [1.82, 2.24) is 5.32 Å². The Balaban J connectivity index is 1.45. The molecule has 122 valence electrons. The molecule has 0 saturated heterocycles. The van der Waals surface area contributed by atoms with Crippen LogP contribution in [0.2, 0.25) is 0 Å². The van der Waals surface area contributed by atoms with Gasteiger partial charge in [-0.15, -0.1) is 11.3 Å². The highest BCUT2D eigenvalue weighted by atomic mass is 32.1. The van der Waals surface area contributed by atoms with Crippen LogP contribution in [0, 0.1) is 5.92 Å². The fourth-order valence-corrected chi connectivity index (χ4v) is 3.94. The van der Waals surface area contributed by atoms with Gasteiger partial charge in [0.25, 0.3) is 5.91 Å². The van der Waals surface area contributed by atoms with Gasteiger partial charge in [-0.05, 0) is 36.3 Å². The third-order valence-electron chi connectivity index (χ3n) is 4.27. The molecular weight excluding hydrogens is 310 g/mol. The summed E-state index contributed by atoms with van der Waals surface area (Å²) in [5.74, 6) is -0.0740. The van der Waals surface area contributed by atoms with Crippen LogP contribution < -0.4 is 5.32 Å². The number of carbonyl (C=O) groups excluding carboxylic acids is 2. The van der Waals surface area contributed by atoms with Crippen LogP contribution >= 0.6 is 11.3 Å². The molecule has 1 N–H and O–H groups in total. The molecule has 1 aromatic carbocycles. The predicted octanol–water partition coefficient (Wildman–Crippen LogP) is 3.75. The second-order valence-electron chi connectivity index (χ2n) is 6.03. The molecule has 23 heavy (non-hydrogen) atoms. The Bertz CT molecular complexity index is 655. The van der Waals surface area contributed by atoms with E-state index in [1.165, 1.54) is 43.4 Å². The molecule has 1 aromatic heterocycles. The lowest BCUT2D eigenvalue weighted by Gasteiger charge is -2.21. The summed E-state index contributed by atoms with van der Waals surface area (Å²) >= 11 is 1.39. The minimum Gasteiger partial charge on any atom is -0.451 e. The van der Waals surface area contributed by atoms with E-state index in [0.717, 1.165) is 10.1 Å². The number of hydrogen-bond acceptors (Lipinski definition) is 4. The summed E-state index contributed by atoms with van der Waals surface area (Å²) in [5, 5.41) is 3.89. The molecule has 4 nitrogen and oxygen atoms in total. The number of fused-ring (bicyclic) bond motifs is 1. The molecule has 0 aliphatic heterocycles.